The molecule has 2 aromatic heterocycles. The Morgan fingerprint density at radius 2 is 2.00 bits per heavy atom. The van der Waals surface area contributed by atoms with Crippen molar-refractivity contribution in [2.24, 2.45) is 0 Å². The van der Waals surface area contributed by atoms with Gasteiger partial charge in [0.05, 0.1) is 19.3 Å². The van der Waals surface area contributed by atoms with Gasteiger partial charge in [0.15, 0.2) is 0 Å². The van der Waals surface area contributed by atoms with Gasteiger partial charge in [-0.25, -0.2) is 15.0 Å². The van der Waals surface area contributed by atoms with Gasteiger partial charge in [-0.1, -0.05) is 11.6 Å². The van der Waals surface area contributed by atoms with Crippen LogP contribution in [0, 0.1) is 0 Å². The van der Waals surface area contributed by atoms with Crippen LogP contribution in [0.25, 0.3) is 0 Å². The molecule has 7 heteroatoms. The van der Waals surface area contributed by atoms with Gasteiger partial charge in [-0.05, 0) is 13.0 Å². The molecule has 0 bridgehead atoms. The molecule has 0 aliphatic carbocycles. The van der Waals surface area contributed by atoms with Crippen molar-refractivity contribution >= 4 is 17.5 Å². The Hall–Kier alpha value is -1.95. The highest BCUT2D eigenvalue weighted by atomic mass is 35.5. The zero-order chi connectivity index (χ0) is 13.7. The van der Waals surface area contributed by atoms with Crippen LogP contribution in [0.2, 0.25) is 5.02 Å². The van der Waals surface area contributed by atoms with Crippen molar-refractivity contribution < 1.29 is 4.74 Å². The fraction of sp³-hybridized carbons (Fsp3) is 0.333. The minimum Gasteiger partial charge on any atom is -0.477 e. The summed E-state index contributed by atoms with van der Waals surface area (Å²) >= 11 is 5.95. The minimum atomic E-state index is 0.384. The maximum absolute atomic E-state index is 5.95. The van der Waals surface area contributed by atoms with Crippen LogP contribution >= 0.6 is 11.6 Å². The number of hydrogen-bond donors (Lipinski definition) is 0. The van der Waals surface area contributed by atoms with E-state index in [1.165, 1.54) is 6.20 Å². The van der Waals surface area contributed by atoms with Gasteiger partial charge in [-0.2, -0.15) is 4.98 Å². The van der Waals surface area contributed by atoms with E-state index in [9.17, 15) is 0 Å². The van der Waals surface area contributed by atoms with Crippen LogP contribution in [0.5, 0.6) is 5.88 Å². The van der Waals surface area contributed by atoms with E-state index >= 15 is 0 Å². The largest absolute Gasteiger partial charge is 0.477 e. The van der Waals surface area contributed by atoms with E-state index in [4.69, 9.17) is 16.3 Å². The summed E-state index contributed by atoms with van der Waals surface area (Å²) in [5, 5.41) is 0.398. The van der Waals surface area contributed by atoms with Gasteiger partial charge in [-0.15, -0.1) is 0 Å². The van der Waals surface area contributed by atoms with Gasteiger partial charge in [0.2, 0.25) is 11.8 Å². The average molecular weight is 280 g/mol. The maximum atomic E-state index is 5.95. The Morgan fingerprint density at radius 1 is 1.26 bits per heavy atom. The third-order valence-corrected chi connectivity index (χ3v) is 2.58. The lowest BCUT2D eigenvalue weighted by molar-refractivity contribution is 0.326. The molecule has 0 spiro atoms. The molecule has 2 heterocycles. The zero-order valence-corrected chi connectivity index (χ0v) is 11.5. The molecule has 0 aliphatic heterocycles. The van der Waals surface area contributed by atoms with E-state index in [1.807, 2.05) is 18.9 Å². The summed E-state index contributed by atoms with van der Waals surface area (Å²) in [7, 11) is 1.86. The molecular weight excluding hydrogens is 266 g/mol. The second-order valence-corrected chi connectivity index (χ2v) is 4.18. The number of ether oxygens (including phenoxy) is 1. The first-order chi connectivity index (χ1) is 9.20. The third-order valence-electron chi connectivity index (χ3n) is 2.32. The smallest absolute Gasteiger partial charge is 0.237 e. The molecular formula is C12H14ClN5O. The van der Waals surface area contributed by atoms with Gasteiger partial charge >= 0.3 is 0 Å². The second kappa shape index (κ2) is 6.29. The van der Waals surface area contributed by atoms with Gasteiger partial charge < -0.3 is 9.64 Å². The standard InChI is InChI=1S/C12H14ClN5O/c1-3-19-11-9(13)7-16-12(17-11)18(2)8-10-14-5-4-6-15-10/h4-7H,3,8H2,1-2H3. The monoisotopic (exact) mass is 279 g/mol. The van der Waals surface area contributed by atoms with Gasteiger partial charge in [-0.3, -0.25) is 0 Å². The van der Waals surface area contributed by atoms with Crippen LogP contribution in [0.4, 0.5) is 5.95 Å². The number of nitrogens with zero attached hydrogens (tertiary/aromatic N) is 5. The highest BCUT2D eigenvalue weighted by molar-refractivity contribution is 6.31. The minimum absolute atomic E-state index is 0.384. The molecule has 0 saturated carbocycles. The molecule has 0 aromatic carbocycles. The molecule has 0 atom stereocenters. The average Bonchev–Trinajstić information content (AvgIpc) is 2.42. The summed E-state index contributed by atoms with van der Waals surface area (Å²) in [5.74, 6) is 1.59. The van der Waals surface area contributed by atoms with E-state index in [2.05, 4.69) is 19.9 Å². The molecule has 0 radical (unpaired) electrons. The SMILES string of the molecule is CCOc1nc(N(C)Cc2ncccn2)ncc1Cl. The van der Waals surface area contributed by atoms with Gasteiger partial charge in [0.1, 0.15) is 10.8 Å². The Labute approximate surface area is 116 Å². The lowest BCUT2D eigenvalue weighted by atomic mass is 10.5. The van der Waals surface area contributed by atoms with Crippen LogP contribution in [0.1, 0.15) is 12.7 Å². The summed E-state index contributed by atoms with van der Waals surface area (Å²) < 4.78 is 5.34. The quantitative estimate of drug-likeness (QED) is 0.834. The van der Waals surface area contributed by atoms with E-state index in [1.54, 1.807) is 18.5 Å². The van der Waals surface area contributed by atoms with E-state index in [0.717, 1.165) is 0 Å². The Morgan fingerprint density at radius 3 is 2.68 bits per heavy atom. The van der Waals surface area contributed by atoms with Crippen LogP contribution in [-0.2, 0) is 6.54 Å². The van der Waals surface area contributed by atoms with Crippen molar-refractivity contribution in [3.63, 3.8) is 0 Å². The fourth-order valence-corrected chi connectivity index (χ4v) is 1.60. The maximum Gasteiger partial charge on any atom is 0.237 e. The Bertz CT molecular complexity index is 537. The lowest BCUT2D eigenvalue weighted by Crippen LogP contribution is -2.20. The van der Waals surface area contributed by atoms with Crippen LogP contribution in [0.3, 0.4) is 0 Å². The molecule has 0 aliphatic rings. The lowest BCUT2D eigenvalue weighted by Gasteiger charge is -2.16. The number of aromatic nitrogens is 4. The molecule has 0 N–H and O–H groups in total. The number of anilines is 1. The van der Waals surface area contributed by atoms with Crippen molar-refractivity contribution in [2.45, 2.75) is 13.5 Å². The van der Waals surface area contributed by atoms with Crippen LogP contribution in [-0.4, -0.2) is 33.6 Å². The first kappa shape index (κ1) is 13.5. The number of halogens is 1. The van der Waals surface area contributed by atoms with Crippen molar-refractivity contribution in [1.29, 1.82) is 0 Å². The highest BCUT2D eigenvalue weighted by Gasteiger charge is 2.11. The Balaban J connectivity index is 2.15. The molecule has 0 fully saturated rings. The molecule has 0 unspecified atom stereocenters. The molecule has 0 amide bonds. The van der Waals surface area contributed by atoms with Crippen molar-refractivity contribution in [1.82, 2.24) is 19.9 Å². The predicted octanol–water partition coefficient (Wildman–Crippen LogP) is 1.96. The van der Waals surface area contributed by atoms with Crippen LogP contribution in [0.15, 0.2) is 24.7 Å². The number of hydrogen-bond acceptors (Lipinski definition) is 6. The summed E-state index contributed by atoms with van der Waals surface area (Å²) in [5.41, 5.74) is 0. The topological polar surface area (TPSA) is 64.0 Å². The third kappa shape index (κ3) is 3.51. The van der Waals surface area contributed by atoms with E-state index in [0.29, 0.717) is 35.8 Å². The zero-order valence-electron chi connectivity index (χ0n) is 10.7. The summed E-state index contributed by atoms with van der Waals surface area (Å²) in [6.45, 7) is 2.88. The molecule has 2 aromatic rings. The predicted molar refractivity (Wildman–Crippen MR) is 72.4 cm³/mol. The van der Waals surface area contributed by atoms with Gasteiger partial charge in [0.25, 0.3) is 0 Å². The molecule has 100 valence electrons. The molecule has 19 heavy (non-hydrogen) atoms. The van der Waals surface area contributed by atoms with E-state index < -0.39 is 0 Å². The first-order valence-corrected chi connectivity index (χ1v) is 6.21. The van der Waals surface area contributed by atoms with Crippen molar-refractivity contribution in [2.75, 3.05) is 18.6 Å². The normalized spacial score (nSPS) is 10.3. The molecule has 0 saturated heterocycles. The summed E-state index contributed by atoms with van der Waals surface area (Å²) in [6.07, 6.45) is 4.92. The molecule has 2 rings (SSSR count). The van der Waals surface area contributed by atoms with Crippen LogP contribution < -0.4 is 9.64 Å². The van der Waals surface area contributed by atoms with Crippen molar-refractivity contribution in [3.8, 4) is 5.88 Å². The highest BCUT2D eigenvalue weighted by Crippen LogP contribution is 2.23. The van der Waals surface area contributed by atoms with Crippen molar-refractivity contribution in [3.05, 3.63) is 35.5 Å². The first-order valence-electron chi connectivity index (χ1n) is 5.83. The van der Waals surface area contributed by atoms with Gasteiger partial charge in [0, 0.05) is 19.4 Å². The Kier molecular flexibility index (Phi) is 4.46. The fourth-order valence-electron chi connectivity index (χ4n) is 1.46. The van der Waals surface area contributed by atoms with E-state index in [-0.39, 0.29) is 0 Å². The summed E-state index contributed by atoms with van der Waals surface area (Å²) in [6, 6.07) is 1.77. The molecule has 6 nitrogen and oxygen atoms in total. The summed E-state index contributed by atoms with van der Waals surface area (Å²) in [4.78, 5) is 18.6. The second-order valence-electron chi connectivity index (χ2n) is 3.78. The number of rotatable bonds is 5.